The van der Waals surface area contributed by atoms with E-state index in [-0.39, 0.29) is 48.3 Å². The Kier molecular flexibility index (Phi) is 4630. The second-order valence-corrected chi connectivity index (χ2v) is 0. The fraction of sp³-hybridized carbons (Fsp3) is 0. The van der Waals surface area contributed by atoms with Gasteiger partial charge in [0.2, 0.25) is 0 Å². The summed E-state index contributed by atoms with van der Waals surface area (Å²) in [5, 5.41) is 0. The maximum Gasteiger partial charge on any atom is 0 e. The quantitative estimate of drug-likeness (QED) is 0.360. The van der Waals surface area contributed by atoms with Crippen LogP contribution in [-0.2, 0) is 19.5 Å². The molecule has 0 radical (unpaired) electrons. The maximum atomic E-state index is 0. The molecule has 34 valence electrons. The average molecular weight is 156 g/mol. The van der Waals surface area contributed by atoms with Gasteiger partial charge in [0.1, 0.15) is 0 Å². The molecule has 0 aromatic heterocycles. The first-order chi connectivity index (χ1) is 0. The Bertz CT molecular complexity index is 6.85. The Balaban J connectivity index is 0. The number of rotatable bonds is 0. The number of hydrogen-bond donors (Lipinski definition) is 0. The van der Waals surface area contributed by atoms with Gasteiger partial charge in [-0.1, -0.05) is 0 Å². The summed E-state index contributed by atoms with van der Waals surface area (Å²) in [4.78, 5) is 0. The van der Waals surface area contributed by atoms with E-state index in [0.29, 0.717) is 0 Å². The first-order valence-corrected chi connectivity index (χ1v) is 0. The van der Waals surface area contributed by atoms with Crippen molar-refractivity contribution in [2.45, 2.75) is 0 Å². The Hall–Kier alpha value is 0.793. The Morgan fingerprint density at radius 2 is 0.600 bits per heavy atom. The number of halogens is 1. The third-order valence-corrected chi connectivity index (χ3v) is 0. The summed E-state index contributed by atoms with van der Waals surface area (Å²) in [7, 11) is 0. The largest absolute Gasteiger partial charge is 0.412 e. The van der Waals surface area contributed by atoms with Gasteiger partial charge in [0, 0.05) is 19.5 Å². The van der Waals surface area contributed by atoms with Gasteiger partial charge >= 0.3 is 0 Å². The zero-order valence-corrected chi connectivity index (χ0v) is 6.40. The number of hydrogen-bond acceptors (Lipinski definition) is 0. The van der Waals surface area contributed by atoms with Crippen LogP contribution in [0.5, 0.6) is 0 Å². The monoisotopic (exact) mass is 154 g/mol. The predicted octanol–water partition coefficient (Wildman–Crippen LogP) is -2.05. The van der Waals surface area contributed by atoms with Crippen LogP contribution in [0.15, 0.2) is 0 Å². The molecule has 0 aromatic rings. The molecule has 0 amide bonds. The van der Waals surface area contributed by atoms with Crippen LogP contribution in [0.1, 0.15) is 0 Å². The molecule has 5 heavy (non-hydrogen) atoms. The maximum absolute atomic E-state index is 0. The van der Waals surface area contributed by atoms with Crippen molar-refractivity contribution in [2.24, 2.45) is 0 Å². The van der Waals surface area contributed by atoms with Crippen molar-refractivity contribution in [3.05, 3.63) is 0 Å². The fourth-order valence-corrected chi connectivity index (χ4v) is 0. The van der Waals surface area contributed by atoms with Crippen LogP contribution in [0.4, 0.5) is 0 Å². The summed E-state index contributed by atoms with van der Waals surface area (Å²) in [6.07, 6.45) is 0. The van der Waals surface area contributed by atoms with Gasteiger partial charge in [-0.3, -0.25) is 0 Å². The van der Waals surface area contributed by atoms with Crippen LogP contribution < -0.4 is 0 Å². The topological polar surface area (TPSA) is 94.5 Å². The molecule has 0 aromatic carbocycles. The second kappa shape index (κ2) is 110. The van der Waals surface area contributed by atoms with Crippen molar-refractivity contribution in [3.63, 3.8) is 0 Å². The minimum absolute atomic E-state index is 0. The summed E-state index contributed by atoms with van der Waals surface area (Å²) < 4.78 is 0. The van der Waals surface area contributed by atoms with E-state index in [1.54, 1.807) is 0 Å². The van der Waals surface area contributed by atoms with E-state index in [1.807, 2.05) is 0 Å². The summed E-state index contributed by atoms with van der Waals surface area (Å²) in [5.74, 6) is 0. The van der Waals surface area contributed by atoms with Gasteiger partial charge in [0.15, 0.2) is 0 Å². The normalized spacial score (nSPS) is 0. The fourth-order valence-electron chi connectivity index (χ4n) is 0. The van der Waals surface area contributed by atoms with E-state index < -0.39 is 0 Å². The SMILES string of the molecule is Cl.O.O.O.[Zn]. The molecule has 0 heterocycles. The molecule has 0 rings (SSSR count). The van der Waals surface area contributed by atoms with E-state index >= 15 is 0 Å². The Morgan fingerprint density at radius 3 is 0.600 bits per heavy atom. The predicted molar refractivity (Wildman–Crippen MR) is 18.1 cm³/mol. The smallest absolute Gasteiger partial charge is 0 e. The minimum Gasteiger partial charge on any atom is -0.412 e. The van der Waals surface area contributed by atoms with E-state index in [4.69, 9.17) is 0 Å². The van der Waals surface area contributed by atoms with Crippen molar-refractivity contribution < 1.29 is 35.9 Å². The zero-order valence-electron chi connectivity index (χ0n) is 2.62. The summed E-state index contributed by atoms with van der Waals surface area (Å²) in [5.41, 5.74) is 0. The van der Waals surface area contributed by atoms with Crippen molar-refractivity contribution >= 4 is 12.4 Å². The first kappa shape index (κ1) is 211. The Morgan fingerprint density at radius 1 is 0.600 bits per heavy atom. The van der Waals surface area contributed by atoms with Crippen LogP contribution >= 0.6 is 12.4 Å². The van der Waals surface area contributed by atoms with Gasteiger partial charge in [-0.15, -0.1) is 12.4 Å². The van der Waals surface area contributed by atoms with Crippen LogP contribution in [0.2, 0.25) is 0 Å². The molecule has 0 unspecified atom stereocenters. The molecule has 0 atom stereocenters. The van der Waals surface area contributed by atoms with Crippen LogP contribution in [-0.4, -0.2) is 16.4 Å². The van der Waals surface area contributed by atoms with Gasteiger partial charge < -0.3 is 16.4 Å². The molecule has 0 saturated carbocycles. The summed E-state index contributed by atoms with van der Waals surface area (Å²) >= 11 is 0. The van der Waals surface area contributed by atoms with Crippen molar-refractivity contribution in [1.29, 1.82) is 0 Å². The molecule has 0 fully saturated rings. The molecule has 5 heteroatoms. The average Bonchev–Trinajstić information content (AvgIpc) is 0. The van der Waals surface area contributed by atoms with Gasteiger partial charge in [-0.2, -0.15) is 0 Å². The minimum atomic E-state index is 0. The van der Waals surface area contributed by atoms with Gasteiger partial charge in [-0.25, -0.2) is 0 Å². The van der Waals surface area contributed by atoms with Crippen LogP contribution in [0.3, 0.4) is 0 Å². The summed E-state index contributed by atoms with van der Waals surface area (Å²) in [6.45, 7) is 0. The molecule has 0 aliphatic heterocycles. The molecular formula is H7ClO3Zn. The van der Waals surface area contributed by atoms with Crippen LogP contribution in [0.25, 0.3) is 0 Å². The van der Waals surface area contributed by atoms with Crippen molar-refractivity contribution in [2.75, 3.05) is 0 Å². The molecule has 0 bridgehead atoms. The van der Waals surface area contributed by atoms with E-state index in [2.05, 4.69) is 0 Å². The van der Waals surface area contributed by atoms with Crippen molar-refractivity contribution in [3.8, 4) is 0 Å². The van der Waals surface area contributed by atoms with E-state index in [0.717, 1.165) is 0 Å². The molecule has 6 N–H and O–H groups in total. The molecule has 0 aliphatic rings. The standard InChI is InChI=1S/ClH.3H2O.Zn/h1H;3*1H2;. The van der Waals surface area contributed by atoms with Gasteiger partial charge in [0.25, 0.3) is 0 Å². The molecule has 0 spiro atoms. The summed E-state index contributed by atoms with van der Waals surface area (Å²) in [6, 6.07) is 0. The van der Waals surface area contributed by atoms with Crippen molar-refractivity contribution in [1.82, 2.24) is 0 Å². The van der Waals surface area contributed by atoms with E-state index in [1.165, 1.54) is 0 Å². The Labute approximate surface area is 48.8 Å². The molecule has 3 nitrogen and oxygen atoms in total. The zero-order chi connectivity index (χ0) is 0. The van der Waals surface area contributed by atoms with Gasteiger partial charge in [0.05, 0.1) is 0 Å². The molecule has 0 aliphatic carbocycles. The molecule has 0 saturated heterocycles. The van der Waals surface area contributed by atoms with Gasteiger partial charge in [-0.05, 0) is 0 Å². The van der Waals surface area contributed by atoms with E-state index in [9.17, 15) is 0 Å². The second-order valence-electron chi connectivity index (χ2n) is 0. The molecular weight excluding hydrogens is 149 g/mol. The van der Waals surface area contributed by atoms with Crippen LogP contribution in [0, 0.1) is 0 Å². The third kappa shape index (κ3) is 59.4. The third-order valence-electron chi connectivity index (χ3n) is 0. The first-order valence-electron chi connectivity index (χ1n) is 0.